The van der Waals surface area contributed by atoms with Crippen molar-refractivity contribution in [3.63, 3.8) is 0 Å². The van der Waals surface area contributed by atoms with Gasteiger partial charge >= 0.3 is 0 Å². The maximum absolute atomic E-state index is 13.6. The fourth-order valence-electron chi connectivity index (χ4n) is 5.54. The van der Waals surface area contributed by atoms with Crippen molar-refractivity contribution in [3.8, 4) is 28.5 Å². The van der Waals surface area contributed by atoms with Crippen LogP contribution in [-0.4, -0.2) is 70.1 Å². The quantitative estimate of drug-likeness (QED) is 0.288. The number of hydrogen-bond acceptors (Lipinski definition) is 7. The van der Waals surface area contributed by atoms with Crippen molar-refractivity contribution in [2.24, 2.45) is 0 Å². The number of halogens is 1. The predicted molar refractivity (Wildman–Crippen MR) is 155 cm³/mol. The number of carbonyl (C=O) groups excluding carboxylic acids is 1. The highest BCUT2D eigenvalue weighted by atomic mass is 19.1. The van der Waals surface area contributed by atoms with E-state index >= 15 is 0 Å². The fourth-order valence-corrected chi connectivity index (χ4v) is 5.54. The number of amides is 1. The van der Waals surface area contributed by atoms with E-state index in [4.69, 9.17) is 15.2 Å². The Hall–Kier alpha value is -4.44. The van der Waals surface area contributed by atoms with Crippen LogP contribution in [0.15, 0.2) is 67.0 Å². The summed E-state index contributed by atoms with van der Waals surface area (Å²) in [6, 6.07) is 14.0. The van der Waals surface area contributed by atoms with Crippen molar-refractivity contribution in [1.29, 1.82) is 0 Å². The summed E-state index contributed by atoms with van der Waals surface area (Å²) in [6.45, 7) is 1.94. The van der Waals surface area contributed by atoms with Gasteiger partial charge in [0.15, 0.2) is 0 Å². The molecule has 1 saturated heterocycles. The van der Waals surface area contributed by atoms with Crippen LogP contribution in [0.5, 0.6) is 17.4 Å². The molecule has 2 N–H and O–H groups in total. The van der Waals surface area contributed by atoms with Gasteiger partial charge in [0.1, 0.15) is 35.1 Å². The average Bonchev–Trinajstić information content (AvgIpc) is 3.61. The minimum absolute atomic E-state index is 0.00961. The van der Waals surface area contributed by atoms with E-state index in [2.05, 4.69) is 21.9 Å². The average molecular weight is 557 g/mol. The van der Waals surface area contributed by atoms with Gasteiger partial charge in [0, 0.05) is 37.8 Å². The Kier molecular flexibility index (Phi) is 7.32. The second kappa shape index (κ2) is 11.2. The topological polar surface area (TPSA) is 98.7 Å². The second-order valence-corrected chi connectivity index (χ2v) is 10.6. The number of nitrogens with two attached hydrogens (primary N) is 1. The van der Waals surface area contributed by atoms with Crippen LogP contribution in [0, 0.1) is 5.82 Å². The highest BCUT2D eigenvalue weighted by Gasteiger charge is 2.33. The fraction of sp³-hybridized carbons (Fsp3) is 0.323. The van der Waals surface area contributed by atoms with Crippen molar-refractivity contribution in [1.82, 2.24) is 24.3 Å². The van der Waals surface area contributed by atoms with E-state index in [0.29, 0.717) is 53.4 Å². The van der Waals surface area contributed by atoms with Crippen molar-refractivity contribution < 1.29 is 18.7 Å². The third-order valence-corrected chi connectivity index (χ3v) is 7.80. The van der Waals surface area contributed by atoms with E-state index in [-0.39, 0.29) is 17.8 Å². The molecule has 0 bridgehead atoms. The zero-order valence-corrected chi connectivity index (χ0v) is 23.2. The number of nitrogen functional groups attached to an aromatic ring is 1. The highest BCUT2D eigenvalue weighted by molar-refractivity contribution is 6.04. The van der Waals surface area contributed by atoms with Gasteiger partial charge in [-0.2, -0.15) is 0 Å². The molecule has 212 valence electrons. The second-order valence-electron chi connectivity index (χ2n) is 10.6. The number of aromatic nitrogens is 3. The van der Waals surface area contributed by atoms with Crippen molar-refractivity contribution >= 4 is 22.8 Å². The Labute approximate surface area is 238 Å². The first-order chi connectivity index (χ1) is 19.9. The first-order valence-corrected chi connectivity index (χ1v) is 13.8. The maximum Gasteiger partial charge on any atom is 0.246 e. The van der Waals surface area contributed by atoms with E-state index in [1.165, 1.54) is 31.3 Å². The molecule has 6 rings (SSSR count). The first kappa shape index (κ1) is 26.8. The minimum Gasteiger partial charge on any atom is -0.482 e. The Bertz CT molecular complexity index is 1600. The van der Waals surface area contributed by atoms with Gasteiger partial charge in [-0.25, -0.2) is 14.4 Å². The molecule has 1 saturated carbocycles. The van der Waals surface area contributed by atoms with Gasteiger partial charge in [-0.05, 0) is 56.1 Å². The lowest BCUT2D eigenvalue weighted by Gasteiger charge is -2.18. The molecule has 2 aromatic carbocycles. The molecule has 1 amide bonds. The van der Waals surface area contributed by atoms with Gasteiger partial charge in [-0.15, -0.1) is 0 Å². The van der Waals surface area contributed by atoms with Crippen molar-refractivity contribution in [2.45, 2.75) is 31.3 Å². The van der Waals surface area contributed by atoms with Crippen molar-refractivity contribution in [3.05, 3.63) is 72.8 Å². The zero-order chi connectivity index (χ0) is 28.5. The molecule has 41 heavy (non-hydrogen) atoms. The van der Waals surface area contributed by atoms with E-state index in [1.807, 2.05) is 39.8 Å². The van der Waals surface area contributed by atoms with Gasteiger partial charge in [0.2, 0.25) is 11.8 Å². The first-order valence-electron chi connectivity index (χ1n) is 13.8. The third-order valence-electron chi connectivity index (χ3n) is 7.80. The van der Waals surface area contributed by atoms with Crippen LogP contribution in [-0.2, 0) is 4.79 Å². The van der Waals surface area contributed by atoms with Gasteiger partial charge in [0.05, 0.1) is 24.1 Å². The molecule has 1 aliphatic carbocycles. The van der Waals surface area contributed by atoms with Crippen LogP contribution in [0.4, 0.5) is 10.2 Å². The number of benzene rings is 2. The summed E-state index contributed by atoms with van der Waals surface area (Å²) in [7, 11) is 3.72. The normalized spacial score (nSPS) is 17.2. The summed E-state index contributed by atoms with van der Waals surface area (Å²) in [5.41, 5.74) is 8.67. The number of fused-ring (bicyclic) bond motifs is 1. The third kappa shape index (κ3) is 5.47. The van der Waals surface area contributed by atoms with Gasteiger partial charge in [0.25, 0.3) is 0 Å². The molecule has 10 heteroatoms. The van der Waals surface area contributed by atoms with E-state index < -0.39 is 0 Å². The molecule has 9 nitrogen and oxygen atoms in total. The predicted octanol–water partition coefficient (Wildman–Crippen LogP) is 5.04. The summed E-state index contributed by atoms with van der Waals surface area (Å²) in [6.07, 6.45) is 8.32. The maximum atomic E-state index is 13.6. The minimum atomic E-state index is -0.364. The Balaban J connectivity index is 1.27. The molecule has 0 unspecified atom stereocenters. The Morgan fingerprint density at radius 3 is 2.68 bits per heavy atom. The molecule has 3 heterocycles. The van der Waals surface area contributed by atoms with Crippen LogP contribution < -0.4 is 15.2 Å². The molecule has 1 aliphatic heterocycles. The van der Waals surface area contributed by atoms with Crippen LogP contribution in [0.25, 0.3) is 22.2 Å². The molecular formula is C31H33FN6O3. The smallest absolute Gasteiger partial charge is 0.246 e. The van der Waals surface area contributed by atoms with E-state index in [1.54, 1.807) is 25.3 Å². The molecular weight excluding hydrogens is 523 g/mol. The number of ether oxygens (including phenoxy) is 2. The van der Waals surface area contributed by atoms with E-state index in [9.17, 15) is 9.18 Å². The summed E-state index contributed by atoms with van der Waals surface area (Å²) < 4.78 is 27.4. The number of anilines is 1. The lowest BCUT2D eigenvalue weighted by atomic mass is 10.1. The monoisotopic (exact) mass is 556 g/mol. The van der Waals surface area contributed by atoms with E-state index in [0.717, 1.165) is 24.1 Å². The summed E-state index contributed by atoms with van der Waals surface area (Å²) >= 11 is 0. The molecule has 2 fully saturated rings. The largest absolute Gasteiger partial charge is 0.482 e. The van der Waals surface area contributed by atoms with Crippen LogP contribution in [0.3, 0.4) is 0 Å². The summed E-state index contributed by atoms with van der Waals surface area (Å²) in [4.78, 5) is 26.0. The summed E-state index contributed by atoms with van der Waals surface area (Å²) in [5.74, 6) is 1.57. The molecule has 4 aromatic rings. The summed E-state index contributed by atoms with van der Waals surface area (Å²) in [5, 5.41) is 0.691. The van der Waals surface area contributed by atoms with Gasteiger partial charge in [-0.3, -0.25) is 14.3 Å². The van der Waals surface area contributed by atoms with Crippen LogP contribution in [0.2, 0.25) is 0 Å². The number of nitrogens with zero attached hydrogens (tertiary/aromatic N) is 5. The molecule has 0 spiro atoms. The van der Waals surface area contributed by atoms with Crippen molar-refractivity contribution in [2.75, 3.05) is 39.5 Å². The molecule has 1 atom stereocenters. The zero-order valence-electron chi connectivity index (χ0n) is 23.2. The Morgan fingerprint density at radius 2 is 1.95 bits per heavy atom. The molecule has 2 aliphatic rings. The van der Waals surface area contributed by atoms with Gasteiger partial charge in [-0.1, -0.05) is 24.3 Å². The standard InChI is InChI=1S/C31H33FN6O3/c1-36(22-10-11-22)15-4-7-26(39)37-16-14-23(18-37)38-30-28(29(33)34-19-35-30)27(31(38)40-2)20-8-12-24(13-9-20)41-25-6-3-5-21(32)17-25/h3-9,12-13,17,19,22-23H,10-11,14-16,18H2,1-2H3,(H2,33,34,35)/t23-/m1/s1. The number of likely N-dealkylation sites (tertiary alicyclic amines) is 1. The highest BCUT2D eigenvalue weighted by Crippen LogP contribution is 2.45. The van der Waals surface area contributed by atoms with Gasteiger partial charge < -0.3 is 20.1 Å². The lowest BCUT2D eigenvalue weighted by molar-refractivity contribution is -0.125. The van der Waals surface area contributed by atoms with Crippen LogP contribution in [0.1, 0.15) is 25.3 Å². The molecule has 2 aromatic heterocycles. The van der Waals surface area contributed by atoms with Crippen LogP contribution >= 0.6 is 0 Å². The lowest BCUT2D eigenvalue weighted by Crippen LogP contribution is -2.28. The number of rotatable bonds is 9. The molecule has 0 radical (unpaired) electrons. The number of hydrogen-bond donors (Lipinski definition) is 1. The number of likely N-dealkylation sites (N-methyl/N-ethyl adjacent to an activating group) is 1. The SMILES string of the molecule is COc1c(-c2ccc(Oc3cccc(F)c3)cc2)c2c(N)ncnc2n1[C@@H]1CCN(C(=O)C=CCN(C)C2CC2)C1. The number of carbonyl (C=O) groups is 1. The Morgan fingerprint density at radius 1 is 1.15 bits per heavy atom. The number of methoxy groups -OCH3 is 1.